The molecule has 0 spiro atoms. The molecule has 0 aliphatic heterocycles. The molecule has 212 valence electrons. The number of hydrogen-bond acceptors (Lipinski definition) is 4. The lowest BCUT2D eigenvalue weighted by atomic mass is 9.92. The summed E-state index contributed by atoms with van der Waals surface area (Å²) in [5, 5.41) is 24.9. The lowest BCUT2D eigenvalue weighted by Gasteiger charge is -2.16. The van der Waals surface area contributed by atoms with E-state index in [0.717, 1.165) is 55.4 Å². The molecule has 0 aliphatic rings. The van der Waals surface area contributed by atoms with E-state index >= 15 is 0 Å². The minimum atomic E-state index is 0.516. The van der Waals surface area contributed by atoms with E-state index in [1.807, 2.05) is 42.5 Å². The molecule has 1 aromatic heterocycles. The predicted molar refractivity (Wildman–Crippen MR) is 186 cm³/mol. The fourth-order valence-corrected chi connectivity index (χ4v) is 6.16. The van der Waals surface area contributed by atoms with Crippen molar-refractivity contribution in [2.75, 3.05) is 0 Å². The van der Waals surface area contributed by atoms with Gasteiger partial charge in [-0.05, 0) is 86.8 Å². The van der Waals surface area contributed by atoms with Crippen LogP contribution in [-0.4, -0.2) is 9.97 Å². The Morgan fingerprint density at radius 2 is 1.00 bits per heavy atom. The summed E-state index contributed by atoms with van der Waals surface area (Å²) in [5.41, 5.74) is 8.34. The molecule has 46 heavy (non-hydrogen) atoms. The van der Waals surface area contributed by atoms with Gasteiger partial charge in [0, 0.05) is 22.1 Å². The highest BCUT2D eigenvalue weighted by molar-refractivity contribution is 6.06. The fourth-order valence-electron chi connectivity index (χ4n) is 6.16. The Bertz CT molecular complexity index is 2570. The molecule has 1 heterocycles. The second-order valence-electron chi connectivity index (χ2n) is 11.3. The molecule has 0 bridgehead atoms. The van der Waals surface area contributed by atoms with Crippen molar-refractivity contribution >= 4 is 32.4 Å². The molecule has 0 unspecified atom stereocenters. The average molecular weight is 585 g/mol. The second-order valence-corrected chi connectivity index (χ2v) is 11.3. The molecule has 7 aromatic carbocycles. The van der Waals surface area contributed by atoms with Crippen LogP contribution < -0.4 is 0 Å². The quantitative estimate of drug-likeness (QED) is 0.206. The van der Waals surface area contributed by atoms with Crippen molar-refractivity contribution in [1.82, 2.24) is 9.97 Å². The van der Waals surface area contributed by atoms with E-state index in [-0.39, 0.29) is 0 Å². The standard InChI is InChI=1S/C42H24N4/c43-25-27-7-5-13-35(19-27)40-39-24-37(33-17-15-29-9-1-3-11-31(29)21-33)23-38(34-18-16-30-10-2-4-12-32(30)22-34)41(39)46-42(45-40)36-14-6-8-28(20-36)26-44/h1-24H. The Morgan fingerprint density at radius 3 is 1.67 bits per heavy atom. The van der Waals surface area contributed by atoms with Crippen molar-refractivity contribution in [3.05, 3.63) is 157 Å². The van der Waals surface area contributed by atoms with Crippen LogP contribution >= 0.6 is 0 Å². The summed E-state index contributed by atoms with van der Waals surface area (Å²) in [6, 6.07) is 53.6. The first kappa shape index (κ1) is 27.0. The molecular weight excluding hydrogens is 560 g/mol. The number of fused-ring (bicyclic) bond motifs is 3. The highest BCUT2D eigenvalue weighted by Gasteiger charge is 2.18. The summed E-state index contributed by atoms with van der Waals surface area (Å²) >= 11 is 0. The summed E-state index contributed by atoms with van der Waals surface area (Å²) in [4.78, 5) is 10.3. The summed E-state index contributed by atoms with van der Waals surface area (Å²) in [6.45, 7) is 0. The van der Waals surface area contributed by atoms with E-state index in [1.165, 1.54) is 16.2 Å². The molecule has 0 atom stereocenters. The minimum Gasteiger partial charge on any atom is -0.227 e. The zero-order chi connectivity index (χ0) is 31.0. The van der Waals surface area contributed by atoms with Crippen LogP contribution in [0, 0.1) is 22.7 Å². The number of nitriles is 2. The highest BCUT2D eigenvalue weighted by Crippen LogP contribution is 2.40. The van der Waals surface area contributed by atoms with Crippen LogP contribution in [0.25, 0.3) is 77.3 Å². The van der Waals surface area contributed by atoms with Crippen LogP contribution in [0.5, 0.6) is 0 Å². The Labute approximate surface area is 266 Å². The summed E-state index contributed by atoms with van der Waals surface area (Å²) in [7, 11) is 0. The van der Waals surface area contributed by atoms with E-state index in [4.69, 9.17) is 9.97 Å². The zero-order valence-electron chi connectivity index (χ0n) is 24.6. The van der Waals surface area contributed by atoms with Gasteiger partial charge in [0.1, 0.15) is 0 Å². The lowest BCUT2D eigenvalue weighted by molar-refractivity contribution is 1.23. The second kappa shape index (κ2) is 11.1. The molecule has 0 N–H and O–H groups in total. The van der Waals surface area contributed by atoms with E-state index in [1.54, 1.807) is 12.1 Å². The smallest absolute Gasteiger partial charge is 0.160 e. The largest absolute Gasteiger partial charge is 0.227 e. The Morgan fingerprint density at radius 1 is 0.413 bits per heavy atom. The molecule has 0 aliphatic carbocycles. The third kappa shape index (κ3) is 4.81. The molecule has 0 fully saturated rings. The fraction of sp³-hybridized carbons (Fsp3) is 0. The van der Waals surface area contributed by atoms with E-state index < -0.39 is 0 Å². The molecule has 0 saturated carbocycles. The van der Waals surface area contributed by atoms with Gasteiger partial charge in [-0.3, -0.25) is 0 Å². The first-order valence-corrected chi connectivity index (χ1v) is 15.0. The van der Waals surface area contributed by atoms with Gasteiger partial charge in [-0.25, -0.2) is 9.97 Å². The molecular formula is C42H24N4. The summed E-state index contributed by atoms with van der Waals surface area (Å²) in [5.74, 6) is 0.516. The molecule has 0 saturated heterocycles. The topological polar surface area (TPSA) is 73.4 Å². The van der Waals surface area contributed by atoms with Crippen LogP contribution in [0.4, 0.5) is 0 Å². The Kier molecular flexibility index (Phi) is 6.53. The summed E-state index contributed by atoms with van der Waals surface area (Å²) < 4.78 is 0. The van der Waals surface area contributed by atoms with Gasteiger partial charge in [-0.1, -0.05) is 97.1 Å². The number of rotatable bonds is 4. The van der Waals surface area contributed by atoms with Crippen molar-refractivity contribution in [2.45, 2.75) is 0 Å². The van der Waals surface area contributed by atoms with Crippen molar-refractivity contribution in [3.63, 3.8) is 0 Å². The van der Waals surface area contributed by atoms with Crippen LogP contribution in [0.15, 0.2) is 146 Å². The number of hydrogen-bond donors (Lipinski definition) is 0. The Hall–Kier alpha value is -6.62. The van der Waals surface area contributed by atoms with Crippen molar-refractivity contribution in [2.24, 2.45) is 0 Å². The van der Waals surface area contributed by atoms with Gasteiger partial charge in [0.25, 0.3) is 0 Å². The van der Waals surface area contributed by atoms with Crippen LogP contribution in [0.3, 0.4) is 0 Å². The zero-order valence-corrected chi connectivity index (χ0v) is 24.6. The van der Waals surface area contributed by atoms with Gasteiger partial charge in [-0.15, -0.1) is 0 Å². The third-order valence-corrected chi connectivity index (χ3v) is 8.46. The molecule has 0 radical (unpaired) electrons. The van der Waals surface area contributed by atoms with Gasteiger partial charge in [-0.2, -0.15) is 10.5 Å². The number of nitrogens with zero attached hydrogens (tertiary/aromatic N) is 4. The van der Waals surface area contributed by atoms with Gasteiger partial charge in [0.2, 0.25) is 0 Å². The Balaban J connectivity index is 1.48. The SMILES string of the molecule is N#Cc1cccc(-c2nc(-c3cccc(C#N)c3)c3cc(-c4ccc5ccccc5c4)cc(-c4ccc5ccccc5c4)c3n2)c1. The molecule has 4 nitrogen and oxygen atoms in total. The van der Waals surface area contributed by atoms with Crippen LogP contribution in [-0.2, 0) is 0 Å². The maximum Gasteiger partial charge on any atom is 0.160 e. The van der Waals surface area contributed by atoms with Crippen LogP contribution in [0.1, 0.15) is 11.1 Å². The lowest BCUT2D eigenvalue weighted by Crippen LogP contribution is -1.98. The van der Waals surface area contributed by atoms with Gasteiger partial charge < -0.3 is 0 Å². The highest BCUT2D eigenvalue weighted by atomic mass is 14.9. The monoisotopic (exact) mass is 584 g/mol. The number of benzene rings is 7. The van der Waals surface area contributed by atoms with Gasteiger partial charge >= 0.3 is 0 Å². The number of aromatic nitrogens is 2. The third-order valence-electron chi connectivity index (χ3n) is 8.46. The van der Waals surface area contributed by atoms with Gasteiger partial charge in [0.15, 0.2) is 5.82 Å². The van der Waals surface area contributed by atoms with E-state index in [0.29, 0.717) is 17.0 Å². The maximum absolute atomic E-state index is 9.76. The van der Waals surface area contributed by atoms with Crippen LogP contribution in [0.2, 0.25) is 0 Å². The first-order chi connectivity index (χ1) is 22.7. The van der Waals surface area contributed by atoms with Crippen molar-refractivity contribution in [1.29, 1.82) is 10.5 Å². The van der Waals surface area contributed by atoms with Gasteiger partial charge in [0.05, 0.1) is 34.5 Å². The summed E-state index contributed by atoms with van der Waals surface area (Å²) in [6.07, 6.45) is 0. The van der Waals surface area contributed by atoms with Crippen molar-refractivity contribution in [3.8, 4) is 57.0 Å². The molecule has 8 aromatic rings. The van der Waals surface area contributed by atoms with E-state index in [2.05, 4.69) is 103 Å². The molecule has 0 amide bonds. The molecule has 4 heteroatoms. The molecule has 8 rings (SSSR count). The first-order valence-electron chi connectivity index (χ1n) is 15.0. The average Bonchev–Trinajstić information content (AvgIpc) is 3.13. The minimum absolute atomic E-state index is 0.516. The van der Waals surface area contributed by atoms with Crippen molar-refractivity contribution < 1.29 is 0 Å². The predicted octanol–water partition coefficient (Wildman–Crippen LogP) is 10.3. The van der Waals surface area contributed by atoms with E-state index in [9.17, 15) is 10.5 Å². The maximum atomic E-state index is 9.76. The normalized spacial score (nSPS) is 11.0.